The van der Waals surface area contributed by atoms with Gasteiger partial charge in [0.2, 0.25) is 0 Å². The van der Waals surface area contributed by atoms with Crippen molar-refractivity contribution in [3.05, 3.63) is 28.6 Å². The van der Waals surface area contributed by atoms with Gasteiger partial charge in [0, 0.05) is 36.1 Å². The zero-order valence-corrected chi connectivity index (χ0v) is 10.4. The molecule has 5 N–H and O–H groups in total. The summed E-state index contributed by atoms with van der Waals surface area (Å²) in [4.78, 5) is 15.3. The SMILES string of the molecule is NC(=O)c1c(C(F)F)cc(N)c(C2CNCC=N2)c1F. The molecule has 0 spiro atoms. The number of primary amides is 1. The zero-order chi connectivity index (χ0) is 14.9. The molecule has 2 rings (SSSR count). The summed E-state index contributed by atoms with van der Waals surface area (Å²) >= 11 is 0. The molecule has 1 heterocycles. The van der Waals surface area contributed by atoms with E-state index in [0.717, 1.165) is 6.07 Å². The largest absolute Gasteiger partial charge is 0.398 e. The highest BCUT2D eigenvalue weighted by molar-refractivity contribution is 5.95. The van der Waals surface area contributed by atoms with E-state index in [4.69, 9.17) is 11.5 Å². The number of benzene rings is 1. The molecule has 0 bridgehead atoms. The van der Waals surface area contributed by atoms with Crippen LogP contribution < -0.4 is 16.8 Å². The monoisotopic (exact) mass is 286 g/mol. The molecular formula is C12H13F3N4O. The molecule has 0 aromatic heterocycles. The van der Waals surface area contributed by atoms with Gasteiger partial charge in [-0.1, -0.05) is 0 Å². The minimum absolute atomic E-state index is 0.0911. The minimum Gasteiger partial charge on any atom is -0.398 e. The van der Waals surface area contributed by atoms with Crippen molar-refractivity contribution >= 4 is 17.8 Å². The summed E-state index contributed by atoms with van der Waals surface area (Å²) in [6.07, 6.45) is -1.52. The van der Waals surface area contributed by atoms with Gasteiger partial charge in [-0.15, -0.1) is 0 Å². The second kappa shape index (κ2) is 5.49. The fourth-order valence-electron chi connectivity index (χ4n) is 2.16. The van der Waals surface area contributed by atoms with Crippen LogP contribution in [0.25, 0.3) is 0 Å². The average Bonchev–Trinajstić information content (AvgIpc) is 2.38. The number of amides is 1. The maximum atomic E-state index is 14.4. The summed E-state index contributed by atoms with van der Waals surface area (Å²) < 4.78 is 40.1. The summed E-state index contributed by atoms with van der Waals surface area (Å²) in [7, 11) is 0. The zero-order valence-electron chi connectivity index (χ0n) is 10.4. The van der Waals surface area contributed by atoms with Crippen LogP contribution in [0.2, 0.25) is 0 Å². The van der Waals surface area contributed by atoms with E-state index in [1.807, 2.05) is 0 Å². The maximum absolute atomic E-state index is 14.4. The van der Waals surface area contributed by atoms with Crippen LogP contribution in [0.3, 0.4) is 0 Å². The molecule has 1 aromatic rings. The number of aliphatic imine (C=N–C) groups is 1. The van der Waals surface area contributed by atoms with Crippen LogP contribution in [0.1, 0.15) is 34.0 Å². The smallest absolute Gasteiger partial charge is 0.264 e. The Hall–Kier alpha value is -2.09. The molecule has 1 aliphatic heterocycles. The number of nitrogens with two attached hydrogens (primary N) is 2. The van der Waals surface area contributed by atoms with Gasteiger partial charge in [-0.05, 0) is 6.07 Å². The molecule has 0 saturated carbocycles. The predicted octanol–water partition coefficient (Wildman–Crippen LogP) is 1.16. The third-order valence-electron chi connectivity index (χ3n) is 3.04. The average molecular weight is 286 g/mol. The van der Waals surface area contributed by atoms with Crippen molar-refractivity contribution in [1.82, 2.24) is 5.32 Å². The Morgan fingerprint density at radius 1 is 1.50 bits per heavy atom. The van der Waals surface area contributed by atoms with Gasteiger partial charge in [-0.2, -0.15) is 0 Å². The third-order valence-corrected chi connectivity index (χ3v) is 3.04. The maximum Gasteiger partial charge on any atom is 0.264 e. The second-order valence-corrected chi connectivity index (χ2v) is 4.33. The number of hydrogen-bond donors (Lipinski definition) is 3. The van der Waals surface area contributed by atoms with Gasteiger partial charge in [-0.25, -0.2) is 13.2 Å². The number of carbonyl (C=O) groups is 1. The lowest BCUT2D eigenvalue weighted by atomic mass is 9.95. The van der Waals surface area contributed by atoms with Gasteiger partial charge in [-0.3, -0.25) is 9.79 Å². The van der Waals surface area contributed by atoms with Crippen LogP contribution >= 0.6 is 0 Å². The summed E-state index contributed by atoms with van der Waals surface area (Å²) in [6.45, 7) is 0.819. The first-order valence-electron chi connectivity index (χ1n) is 5.85. The van der Waals surface area contributed by atoms with E-state index in [2.05, 4.69) is 10.3 Å². The van der Waals surface area contributed by atoms with E-state index >= 15 is 0 Å². The van der Waals surface area contributed by atoms with Crippen molar-refractivity contribution in [2.75, 3.05) is 18.8 Å². The lowest BCUT2D eigenvalue weighted by Gasteiger charge is -2.21. The fraction of sp³-hybridized carbons (Fsp3) is 0.333. The molecule has 1 aromatic carbocycles. The summed E-state index contributed by atoms with van der Waals surface area (Å²) in [5.74, 6) is -2.38. The van der Waals surface area contributed by atoms with Crippen LogP contribution in [0.15, 0.2) is 11.1 Å². The Morgan fingerprint density at radius 3 is 2.70 bits per heavy atom. The molecule has 0 aliphatic carbocycles. The first kappa shape index (κ1) is 14.3. The van der Waals surface area contributed by atoms with Crippen LogP contribution in [-0.2, 0) is 0 Å². The van der Waals surface area contributed by atoms with Crippen molar-refractivity contribution in [3.63, 3.8) is 0 Å². The summed E-state index contributed by atoms with van der Waals surface area (Å²) in [6, 6.07) is 0.210. The van der Waals surface area contributed by atoms with Crippen LogP contribution in [0, 0.1) is 5.82 Å². The molecule has 0 fully saturated rings. The Labute approximate surface area is 112 Å². The highest BCUT2D eigenvalue weighted by atomic mass is 19.3. The van der Waals surface area contributed by atoms with Gasteiger partial charge in [0.05, 0.1) is 11.6 Å². The van der Waals surface area contributed by atoms with Crippen molar-refractivity contribution in [2.45, 2.75) is 12.5 Å². The fourth-order valence-corrected chi connectivity index (χ4v) is 2.16. The van der Waals surface area contributed by atoms with Crippen LogP contribution in [0.5, 0.6) is 0 Å². The standard InChI is InChI=1S/C12H13F3N4O/c13-10-8(12(17)20)5(11(14)15)3-6(16)9(10)7-4-18-1-2-19-7/h2-3,7,11,18H,1,4,16H2,(H2,17,20). The molecule has 0 saturated heterocycles. The first-order valence-corrected chi connectivity index (χ1v) is 5.85. The molecule has 1 aliphatic rings. The Bertz CT molecular complexity index is 574. The molecule has 108 valence electrons. The number of carbonyl (C=O) groups excluding carboxylic acids is 1. The van der Waals surface area contributed by atoms with Gasteiger partial charge in [0.15, 0.2) is 0 Å². The number of hydrogen-bond acceptors (Lipinski definition) is 4. The highest BCUT2D eigenvalue weighted by Crippen LogP contribution is 2.35. The second-order valence-electron chi connectivity index (χ2n) is 4.33. The van der Waals surface area contributed by atoms with Crippen molar-refractivity contribution in [2.24, 2.45) is 10.7 Å². The predicted molar refractivity (Wildman–Crippen MR) is 68.4 cm³/mol. The Kier molecular flexibility index (Phi) is 3.93. The summed E-state index contributed by atoms with van der Waals surface area (Å²) in [5, 5.41) is 2.94. The number of anilines is 1. The summed E-state index contributed by atoms with van der Waals surface area (Å²) in [5.41, 5.74) is 8.73. The van der Waals surface area contributed by atoms with E-state index in [1.165, 1.54) is 6.21 Å². The number of nitrogens with zero attached hydrogens (tertiary/aromatic N) is 1. The normalized spacial score (nSPS) is 18.5. The highest BCUT2D eigenvalue weighted by Gasteiger charge is 2.29. The van der Waals surface area contributed by atoms with E-state index in [-0.39, 0.29) is 11.3 Å². The van der Waals surface area contributed by atoms with Crippen molar-refractivity contribution < 1.29 is 18.0 Å². The minimum atomic E-state index is -3.05. The van der Waals surface area contributed by atoms with E-state index < -0.39 is 35.3 Å². The number of halogens is 3. The molecule has 20 heavy (non-hydrogen) atoms. The number of alkyl halides is 2. The molecule has 0 radical (unpaired) electrons. The molecule has 1 atom stereocenters. The van der Waals surface area contributed by atoms with Crippen molar-refractivity contribution in [1.29, 1.82) is 0 Å². The topological polar surface area (TPSA) is 93.5 Å². The van der Waals surface area contributed by atoms with Gasteiger partial charge >= 0.3 is 0 Å². The number of nitrogens with one attached hydrogen (secondary N) is 1. The van der Waals surface area contributed by atoms with Crippen molar-refractivity contribution in [3.8, 4) is 0 Å². The Morgan fingerprint density at radius 2 is 2.20 bits per heavy atom. The van der Waals surface area contributed by atoms with Gasteiger partial charge < -0.3 is 16.8 Å². The molecular weight excluding hydrogens is 273 g/mol. The van der Waals surface area contributed by atoms with Gasteiger partial charge in [0.25, 0.3) is 12.3 Å². The quantitative estimate of drug-likeness (QED) is 0.728. The van der Waals surface area contributed by atoms with E-state index in [9.17, 15) is 18.0 Å². The Balaban J connectivity index is 2.64. The van der Waals surface area contributed by atoms with Gasteiger partial charge in [0.1, 0.15) is 5.82 Å². The van der Waals surface area contributed by atoms with Crippen LogP contribution in [0.4, 0.5) is 18.9 Å². The number of nitrogen functional groups attached to an aromatic ring is 1. The van der Waals surface area contributed by atoms with E-state index in [1.54, 1.807) is 0 Å². The number of rotatable bonds is 3. The lowest BCUT2D eigenvalue weighted by molar-refractivity contribution is 0.0981. The molecule has 5 nitrogen and oxygen atoms in total. The third kappa shape index (κ3) is 2.46. The molecule has 8 heteroatoms. The first-order chi connectivity index (χ1) is 9.43. The van der Waals surface area contributed by atoms with Crippen LogP contribution in [-0.4, -0.2) is 25.2 Å². The molecule has 1 unspecified atom stereocenters. The molecule has 1 amide bonds. The van der Waals surface area contributed by atoms with E-state index in [0.29, 0.717) is 13.1 Å². The lowest BCUT2D eigenvalue weighted by Crippen LogP contribution is -2.29.